The fraction of sp³-hybridized carbons (Fsp3) is 0.333. The van der Waals surface area contributed by atoms with Gasteiger partial charge >= 0.3 is 0 Å². The zero-order valence-electron chi connectivity index (χ0n) is 11.9. The van der Waals surface area contributed by atoms with Crippen LogP contribution in [0, 0.1) is 5.82 Å². The Kier molecular flexibility index (Phi) is 3.37. The molecular formula is C15H16FN3O2. The second kappa shape index (κ2) is 5.20. The molecule has 0 N–H and O–H groups in total. The summed E-state index contributed by atoms with van der Waals surface area (Å²) in [7, 11) is 3.27. The molecular weight excluding hydrogens is 273 g/mol. The van der Waals surface area contributed by atoms with E-state index in [9.17, 15) is 9.18 Å². The largest absolute Gasteiger partial charge is 0.497 e. The minimum absolute atomic E-state index is 0.0125. The summed E-state index contributed by atoms with van der Waals surface area (Å²) in [5.41, 5.74) is 0.405. The van der Waals surface area contributed by atoms with E-state index in [0.717, 1.165) is 0 Å². The molecule has 0 radical (unpaired) electrons. The third-order valence-corrected chi connectivity index (χ3v) is 3.80. The maximum Gasteiger partial charge on any atom is 0.224 e. The number of carbonyl (C=O) groups is 1. The fourth-order valence-corrected chi connectivity index (χ4v) is 2.65. The van der Waals surface area contributed by atoms with E-state index in [1.54, 1.807) is 36.5 Å². The highest BCUT2D eigenvalue weighted by Crippen LogP contribution is 2.30. The molecule has 1 fully saturated rings. The van der Waals surface area contributed by atoms with Crippen molar-refractivity contribution < 1.29 is 13.9 Å². The quantitative estimate of drug-likeness (QED) is 0.869. The Balaban J connectivity index is 1.98. The van der Waals surface area contributed by atoms with E-state index in [2.05, 4.69) is 4.98 Å². The summed E-state index contributed by atoms with van der Waals surface area (Å²) in [5.74, 6) is 0.697. The molecule has 0 aliphatic carbocycles. The summed E-state index contributed by atoms with van der Waals surface area (Å²) in [4.78, 5) is 17.6. The number of nitrogens with zero attached hydrogens (tertiary/aromatic N) is 3. The predicted molar refractivity (Wildman–Crippen MR) is 75.5 cm³/mol. The average molecular weight is 289 g/mol. The van der Waals surface area contributed by atoms with Crippen LogP contribution in [0.4, 0.5) is 4.39 Å². The molecule has 21 heavy (non-hydrogen) atoms. The molecule has 6 heteroatoms. The lowest BCUT2D eigenvalue weighted by molar-refractivity contribution is -0.126. The molecule has 5 nitrogen and oxygen atoms in total. The number of likely N-dealkylation sites (N-methyl/N-ethyl adjacent to an activating group) is 1. The number of hydrogen-bond donors (Lipinski definition) is 0. The van der Waals surface area contributed by atoms with Crippen LogP contribution in [-0.4, -0.2) is 41.1 Å². The van der Waals surface area contributed by atoms with Gasteiger partial charge in [-0.3, -0.25) is 4.79 Å². The molecule has 1 aromatic carbocycles. The second-order valence-electron chi connectivity index (χ2n) is 5.14. The summed E-state index contributed by atoms with van der Waals surface area (Å²) in [6.45, 7) is 0.611. The van der Waals surface area contributed by atoms with E-state index in [0.29, 0.717) is 30.1 Å². The number of aromatic nitrogens is 2. The first-order chi connectivity index (χ1) is 10.1. The third kappa shape index (κ3) is 2.37. The molecule has 0 saturated carbocycles. The molecule has 1 atom stereocenters. The molecule has 1 aliphatic rings. The highest BCUT2D eigenvalue weighted by Gasteiger charge is 2.29. The number of methoxy groups -OCH3 is 1. The van der Waals surface area contributed by atoms with Gasteiger partial charge in [-0.15, -0.1) is 0 Å². The molecule has 0 bridgehead atoms. The Bertz CT molecular complexity index is 683. The van der Waals surface area contributed by atoms with Gasteiger partial charge in [-0.1, -0.05) is 0 Å². The van der Waals surface area contributed by atoms with Crippen LogP contribution >= 0.6 is 0 Å². The van der Waals surface area contributed by atoms with Gasteiger partial charge in [-0.2, -0.15) is 0 Å². The van der Waals surface area contributed by atoms with Crippen molar-refractivity contribution in [3.63, 3.8) is 0 Å². The smallest absolute Gasteiger partial charge is 0.224 e. The van der Waals surface area contributed by atoms with E-state index in [4.69, 9.17) is 4.74 Å². The number of rotatable bonds is 3. The van der Waals surface area contributed by atoms with Gasteiger partial charge in [0, 0.05) is 38.5 Å². The second-order valence-corrected chi connectivity index (χ2v) is 5.14. The van der Waals surface area contributed by atoms with Crippen LogP contribution in [0.2, 0.25) is 0 Å². The van der Waals surface area contributed by atoms with Gasteiger partial charge in [0.1, 0.15) is 17.4 Å². The number of likely N-dealkylation sites (tertiary alicyclic amines) is 1. The summed E-state index contributed by atoms with van der Waals surface area (Å²) in [6.07, 6.45) is 3.83. The van der Waals surface area contributed by atoms with E-state index in [1.807, 2.05) is 4.57 Å². The average Bonchev–Trinajstić information content (AvgIpc) is 3.06. The fourth-order valence-electron chi connectivity index (χ4n) is 2.65. The molecule has 2 aromatic rings. The minimum atomic E-state index is -0.389. The Morgan fingerprint density at radius 3 is 2.86 bits per heavy atom. The zero-order valence-corrected chi connectivity index (χ0v) is 11.9. The van der Waals surface area contributed by atoms with Gasteiger partial charge in [0.05, 0.1) is 18.7 Å². The monoisotopic (exact) mass is 289 g/mol. The highest BCUT2D eigenvalue weighted by atomic mass is 19.1. The summed E-state index contributed by atoms with van der Waals surface area (Å²) >= 11 is 0. The topological polar surface area (TPSA) is 47.4 Å². The molecule has 1 unspecified atom stereocenters. The summed E-state index contributed by atoms with van der Waals surface area (Å²) < 4.78 is 21.1. The lowest BCUT2D eigenvalue weighted by Gasteiger charge is -2.15. The van der Waals surface area contributed by atoms with E-state index >= 15 is 0 Å². The number of hydrogen-bond acceptors (Lipinski definition) is 3. The lowest BCUT2D eigenvalue weighted by atomic mass is 10.1. The molecule has 1 amide bonds. The van der Waals surface area contributed by atoms with Gasteiger partial charge in [-0.25, -0.2) is 9.37 Å². The van der Waals surface area contributed by atoms with E-state index < -0.39 is 0 Å². The Labute approximate surface area is 122 Å². The maximum absolute atomic E-state index is 14.2. The number of amides is 1. The van der Waals surface area contributed by atoms with Crippen LogP contribution in [0.15, 0.2) is 30.6 Å². The molecule has 2 heterocycles. The van der Waals surface area contributed by atoms with Crippen molar-refractivity contribution in [3.8, 4) is 17.1 Å². The number of benzene rings is 1. The van der Waals surface area contributed by atoms with Crippen LogP contribution in [0.5, 0.6) is 5.75 Å². The number of carbonyl (C=O) groups excluding carboxylic acids is 1. The molecule has 110 valence electrons. The third-order valence-electron chi connectivity index (χ3n) is 3.80. The molecule has 0 spiro atoms. The van der Waals surface area contributed by atoms with E-state index in [-0.39, 0.29) is 17.8 Å². The number of ether oxygens (including phenoxy) is 1. The van der Waals surface area contributed by atoms with Crippen molar-refractivity contribution in [2.75, 3.05) is 20.7 Å². The molecule has 1 saturated heterocycles. The van der Waals surface area contributed by atoms with Crippen molar-refractivity contribution in [1.82, 2.24) is 14.5 Å². The van der Waals surface area contributed by atoms with Gasteiger partial charge in [0.15, 0.2) is 0 Å². The zero-order chi connectivity index (χ0) is 15.0. The van der Waals surface area contributed by atoms with Crippen LogP contribution in [-0.2, 0) is 4.79 Å². The summed E-state index contributed by atoms with van der Waals surface area (Å²) in [5, 5.41) is 0. The molecule has 3 rings (SSSR count). The SMILES string of the molecule is COc1ccc(-c2nccn2C2CC(=O)N(C)C2)c(F)c1. The molecule has 1 aromatic heterocycles. The Hall–Kier alpha value is -2.37. The Morgan fingerprint density at radius 2 is 2.24 bits per heavy atom. The first-order valence-electron chi connectivity index (χ1n) is 6.71. The van der Waals surface area contributed by atoms with Gasteiger partial charge in [0.25, 0.3) is 0 Å². The van der Waals surface area contributed by atoms with Crippen LogP contribution < -0.4 is 4.74 Å². The van der Waals surface area contributed by atoms with Crippen molar-refractivity contribution >= 4 is 5.91 Å². The number of imidazole rings is 1. The van der Waals surface area contributed by atoms with Gasteiger partial charge in [-0.05, 0) is 12.1 Å². The normalized spacial score (nSPS) is 18.3. The Morgan fingerprint density at radius 1 is 1.43 bits per heavy atom. The summed E-state index contributed by atoms with van der Waals surface area (Å²) in [6, 6.07) is 4.67. The lowest BCUT2D eigenvalue weighted by Crippen LogP contribution is -2.19. The molecule has 1 aliphatic heterocycles. The first kappa shape index (κ1) is 13.6. The van der Waals surface area contributed by atoms with Gasteiger partial charge < -0.3 is 14.2 Å². The van der Waals surface area contributed by atoms with Gasteiger partial charge in [0.2, 0.25) is 5.91 Å². The number of halogens is 1. The van der Waals surface area contributed by atoms with E-state index in [1.165, 1.54) is 13.2 Å². The van der Waals surface area contributed by atoms with Crippen molar-refractivity contribution in [2.45, 2.75) is 12.5 Å². The van der Waals surface area contributed by atoms with Crippen LogP contribution in [0.25, 0.3) is 11.4 Å². The minimum Gasteiger partial charge on any atom is -0.497 e. The van der Waals surface area contributed by atoms with Crippen LogP contribution in [0.1, 0.15) is 12.5 Å². The van der Waals surface area contributed by atoms with Crippen LogP contribution in [0.3, 0.4) is 0 Å². The predicted octanol–water partition coefficient (Wildman–Crippen LogP) is 2.10. The highest BCUT2D eigenvalue weighted by molar-refractivity contribution is 5.78. The standard InChI is InChI=1S/C15H16FN3O2/c1-18-9-10(7-14(18)20)19-6-5-17-15(19)12-4-3-11(21-2)8-13(12)16/h3-6,8,10H,7,9H2,1-2H3. The van der Waals surface area contributed by atoms with Crippen molar-refractivity contribution in [1.29, 1.82) is 0 Å². The van der Waals surface area contributed by atoms with Crippen molar-refractivity contribution in [3.05, 3.63) is 36.4 Å². The first-order valence-corrected chi connectivity index (χ1v) is 6.71. The maximum atomic E-state index is 14.2. The van der Waals surface area contributed by atoms with Crippen molar-refractivity contribution in [2.24, 2.45) is 0 Å².